The molecule has 0 atom stereocenters. The molecule has 0 aliphatic carbocycles. The lowest BCUT2D eigenvalue weighted by atomic mass is 10.3. The third kappa shape index (κ3) is 1.99. The zero-order valence-corrected chi connectivity index (χ0v) is 9.64. The van der Waals surface area contributed by atoms with Gasteiger partial charge in [0, 0.05) is 0 Å². The number of aromatic nitrogens is 2. The molecule has 0 saturated carbocycles. The summed E-state index contributed by atoms with van der Waals surface area (Å²) in [7, 11) is 0. The number of fused-ring (bicyclic) bond motifs is 1. The van der Waals surface area contributed by atoms with Crippen LogP contribution in [0.1, 0.15) is 5.82 Å². The van der Waals surface area contributed by atoms with Crippen molar-refractivity contribution in [1.29, 1.82) is 0 Å². The first-order chi connectivity index (χ1) is 7.63. The number of imidazole rings is 1. The SMILES string of the molecule is FC(F)Cn1c(CCl)nc2c(Cl)cccc21. The van der Waals surface area contributed by atoms with E-state index >= 15 is 0 Å². The number of benzene rings is 1. The van der Waals surface area contributed by atoms with Gasteiger partial charge in [-0.3, -0.25) is 0 Å². The molecule has 2 nitrogen and oxygen atoms in total. The van der Waals surface area contributed by atoms with Crippen molar-refractivity contribution in [3.63, 3.8) is 0 Å². The van der Waals surface area contributed by atoms with E-state index in [2.05, 4.69) is 4.98 Å². The van der Waals surface area contributed by atoms with Crippen molar-refractivity contribution in [3.05, 3.63) is 29.0 Å². The zero-order chi connectivity index (χ0) is 11.7. The minimum Gasteiger partial charge on any atom is -0.321 e. The lowest BCUT2D eigenvalue weighted by Gasteiger charge is -2.06. The molecule has 0 N–H and O–H groups in total. The minimum atomic E-state index is -2.45. The Kier molecular flexibility index (Phi) is 3.30. The Morgan fingerprint density at radius 2 is 2.12 bits per heavy atom. The van der Waals surface area contributed by atoms with Gasteiger partial charge >= 0.3 is 0 Å². The second-order valence-corrected chi connectivity index (χ2v) is 3.95. The van der Waals surface area contributed by atoms with E-state index in [1.54, 1.807) is 18.2 Å². The molecule has 0 radical (unpaired) electrons. The maximum Gasteiger partial charge on any atom is 0.256 e. The van der Waals surface area contributed by atoms with Gasteiger partial charge in [0.15, 0.2) is 0 Å². The lowest BCUT2D eigenvalue weighted by molar-refractivity contribution is 0.127. The summed E-state index contributed by atoms with van der Waals surface area (Å²) in [4.78, 5) is 4.15. The minimum absolute atomic E-state index is 0.0811. The summed E-state index contributed by atoms with van der Waals surface area (Å²) in [5.41, 5.74) is 1.10. The summed E-state index contributed by atoms with van der Waals surface area (Å²) in [6.07, 6.45) is -2.45. The fraction of sp³-hybridized carbons (Fsp3) is 0.300. The third-order valence-corrected chi connectivity index (χ3v) is 2.79. The molecule has 0 bridgehead atoms. The molecule has 0 fully saturated rings. The van der Waals surface area contributed by atoms with E-state index in [0.717, 1.165) is 0 Å². The molecule has 0 aliphatic heterocycles. The predicted octanol–water partition coefficient (Wildman–Crippen LogP) is 3.69. The van der Waals surface area contributed by atoms with Gasteiger partial charge in [0.2, 0.25) is 0 Å². The monoisotopic (exact) mass is 264 g/mol. The first-order valence-corrected chi connectivity index (χ1v) is 5.52. The Labute approximate surface area is 101 Å². The molecule has 1 aromatic carbocycles. The molecule has 6 heteroatoms. The summed E-state index contributed by atoms with van der Waals surface area (Å²) in [5, 5.41) is 0.442. The van der Waals surface area contributed by atoms with E-state index in [1.807, 2.05) is 0 Å². The maximum atomic E-state index is 12.4. The molecule has 0 unspecified atom stereocenters. The van der Waals surface area contributed by atoms with Gasteiger partial charge in [-0.15, -0.1) is 11.6 Å². The molecular formula is C10H8Cl2F2N2. The van der Waals surface area contributed by atoms with Crippen molar-refractivity contribution in [3.8, 4) is 0 Å². The van der Waals surface area contributed by atoms with Crippen LogP contribution in [0.5, 0.6) is 0 Å². The average Bonchev–Trinajstić information content (AvgIpc) is 2.58. The first kappa shape index (κ1) is 11.6. The number of rotatable bonds is 3. The van der Waals surface area contributed by atoms with Gasteiger partial charge < -0.3 is 4.57 Å². The number of hydrogen-bond acceptors (Lipinski definition) is 1. The normalized spacial score (nSPS) is 11.6. The van der Waals surface area contributed by atoms with Crippen molar-refractivity contribution in [2.75, 3.05) is 0 Å². The smallest absolute Gasteiger partial charge is 0.256 e. The van der Waals surface area contributed by atoms with Crippen LogP contribution in [0.3, 0.4) is 0 Å². The van der Waals surface area contributed by atoms with E-state index in [0.29, 0.717) is 21.9 Å². The first-order valence-electron chi connectivity index (χ1n) is 4.61. The largest absolute Gasteiger partial charge is 0.321 e. The Balaban J connectivity index is 2.64. The van der Waals surface area contributed by atoms with Crippen molar-refractivity contribution in [2.24, 2.45) is 0 Å². The number of halogens is 4. The molecular weight excluding hydrogens is 257 g/mol. The molecule has 1 aromatic heterocycles. The number of para-hydroxylation sites is 1. The molecule has 0 aliphatic rings. The van der Waals surface area contributed by atoms with E-state index in [-0.39, 0.29) is 5.88 Å². The fourth-order valence-electron chi connectivity index (χ4n) is 1.60. The number of nitrogens with zero attached hydrogens (tertiary/aromatic N) is 2. The second-order valence-electron chi connectivity index (χ2n) is 3.27. The van der Waals surface area contributed by atoms with E-state index in [9.17, 15) is 8.78 Å². The predicted molar refractivity (Wildman–Crippen MR) is 60.3 cm³/mol. The standard InChI is InChI=1S/C10H8Cl2F2N2/c11-4-9-15-10-6(12)2-1-3-7(10)16(9)5-8(13)14/h1-3,8H,4-5H2. The lowest BCUT2D eigenvalue weighted by Crippen LogP contribution is -2.09. The van der Waals surface area contributed by atoms with Gasteiger partial charge in [0.25, 0.3) is 6.43 Å². The highest BCUT2D eigenvalue weighted by Crippen LogP contribution is 2.25. The third-order valence-electron chi connectivity index (χ3n) is 2.25. The highest BCUT2D eigenvalue weighted by molar-refractivity contribution is 6.34. The van der Waals surface area contributed by atoms with Crippen molar-refractivity contribution in [2.45, 2.75) is 18.9 Å². The molecule has 0 spiro atoms. The summed E-state index contributed by atoms with van der Waals surface area (Å²) < 4.78 is 26.2. The van der Waals surface area contributed by atoms with Gasteiger partial charge in [-0.25, -0.2) is 13.8 Å². The Hall–Kier alpha value is -0.870. The van der Waals surface area contributed by atoms with Gasteiger partial charge in [-0.05, 0) is 12.1 Å². The fourth-order valence-corrected chi connectivity index (χ4v) is 2.02. The Morgan fingerprint density at radius 1 is 1.38 bits per heavy atom. The molecule has 2 aromatic rings. The van der Waals surface area contributed by atoms with Crippen LogP contribution in [-0.2, 0) is 12.4 Å². The summed E-state index contributed by atoms with van der Waals surface area (Å²) in [6, 6.07) is 5.07. The van der Waals surface area contributed by atoms with Crippen LogP contribution in [0.2, 0.25) is 5.02 Å². The van der Waals surface area contributed by atoms with Crippen LogP contribution in [0.4, 0.5) is 8.78 Å². The van der Waals surface area contributed by atoms with Crippen LogP contribution in [0.25, 0.3) is 11.0 Å². The zero-order valence-electron chi connectivity index (χ0n) is 8.13. The highest BCUT2D eigenvalue weighted by atomic mass is 35.5. The van der Waals surface area contributed by atoms with E-state index in [4.69, 9.17) is 23.2 Å². The highest BCUT2D eigenvalue weighted by Gasteiger charge is 2.15. The van der Waals surface area contributed by atoms with Gasteiger partial charge in [-0.2, -0.15) is 0 Å². The molecule has 86 valence electrons. The van der Waals surface area contributed by atoms with E-state index < -0.39 is 13.0 Å². The van der Waals surface area contributed by atoms with Crippen LogP contribution < -0.4 is 0 Å². The molecule has 0 amide bonds. The summed E-state index contributed by atoms with van der Waals surface area (Å²) in [6.45, 7) is -0.418. The summed E-state index contributed by atoms with van der Waals surface area (Å²) in [5.74, 6) is 0.489. The van der Waals surface area contributed by atoms with Crippen LogP contribution >= 0.6 is 23.2 Å². The number of hydrogen-bond donors (Lipinski definition) is 0. The van der Waals surface area contributed by atoms with Crippen LogP contribution in [0.15, 0.2) is 18.2 Å². The van der Waals surface area contributed by atoms with Crippen LogP contribution in [-0.4, -0.2) is 16.0 Å². The summed E-state index contributed by atoms with van der Waals surface area (Å²) >= 11 is 11.6. The van der Waals surface area contributed by atoms with Gasteiger partial charge in [0.05, 0.1) is 23.0 Å². The topological polar surface area (TPSA) is 17.8 Å². The van der Waals surface area contributed by atoms with Crippen LogP contribution in [0, 0.1) is 0 Å². The molecule has 16 heavy (non-hydrogen) atoms. The van der Waals surface area contributed by atoms with E-state index in [1.165, 1.54) is 4.57 Å². The quantitative estimate of drug-likeness (QED) is 0.774. The molecule has 1 heterocycles. The molecule has 0 saturated heterocycles. The maximum absolute atomic E-state index is 12.4. The van der Waals surface area contributed by atoms with Gasteiger partial charge in [0.1, 0.15) is 11.3 Å². The van der Waals surface area contributed by atoms with Gasteiger partial charge in [-0.1, -0.05) is 17.7 Å². The Bertz CT molecular complexity index is 511. The molecule has 2 rings (SSSR count). The second kappa shape index (κ2) is 4.55. The van der Waals surface area contributed by atoms with Crippen molar-refractivity contribution < 1.29 is 8.78 Å². The average molecular weight is 265 g/mol. The van der Waals surface area contributed by atoms with Crippen molar-refractivity contribution in [1.82, 2.24) is 9.55 Å². The Morgan fingerprint density at radius 3 is 2.75 bits per heavy atom. The van der Waals surface area contributed by atoms with Crippen molar-refractivity contribution >= 4 is 34.2 Å². The number of alkyl halides is 3.